The van der Waals surface area contributed by atoms with Gasteiger partial charge in [-0.1, -0.05) is 44.3 Å². The van der Waals surface area contributed by atoms with Crippen LogP contribution in [0.25, 0.3) is 0 Å². The molecule has 8 unspecified atom stereocenters. The van der Waals surface area contributed by atoms with Crippen LogP contribution in [0.15, 0.2) is 16.8 Å². The number of terminal acetylenes is 1. The van der Waals surface area contributed by atoms with Crippen molar-refractivity contribution in [2.24, 2.45) is 39.7 Å². The van der Waals surface area contributed by atoms with Crippen LogP contribution in [0.2, 0.25) is 0 Å². The molecule has 0 aromatic heterocycles. The number of aliphatic carboxylic acids is 2. The first kappa shape index (κ1) is 33.5. The van der Waals surface area contributed by atoms with Gasteiger partial charge in [0, 0.05) is 11.8 Å². The minimum absolute atomic E-state index is 0.0492. The highest BCUT2D eigenvalue weighted by molar-refractivity contribution is 5.96. The molecule has 2 amide bonds. The fourth-order valence-corrected chi connectivity index (χ4v) is 8.61. The number of aliphatic hydroxyl groups is 1. The first-order valence-electron chi connectivity index (χ1n) is 15.8. The third kappa shape index (κ3) is 6.37. The van der Waals surface area contributed by atoms with Crippen LogP contribution in [-0.4, -0.2) is 69.1 Å². The molecule has 4 aliphatic carbocycles. The average molecular weight is 614 g/mol. The van der Waals surface area contributed by atoms with Gasteiger partial charge in [0.15, 0.2) is 6.61 Å². The Morgan fingerprint density at radius 1 is 1.07 bits per heavy atom. The van der Waals surface area contributed by atoms with Crippen molar-refractivity contribution in [3.63, 3.8) is 0 Å². The topological polar surface area (TPSA) is 175 Å². The summed E-state index contributed by atoms with van der Waals surface area (Å²) in [5, 5.41) is 38.6. The Bertz CT molecular complexity index is 1270. The van der Waals surface area contributed by atoms with E-state index >= 15 is 0 Å². The molecule has 0 aromatic carbocycles. The summed E-state index contributed by atoms with van der Waals surface area (Å²) >= 11 is 0. The molecule has 4 rings (SSSR count). The molecular weight excluding hydrogens is 566 g/mol. The van der Waals surface area contributed by atoms with E-state index in [1.165, 1.54) is 5.57 Å². The molecule has 44 heavy (non-hydrogen) atoms. The SMILES string of the molecule is C#CC1(O)CCC2C3CCC4=CC(=NOCC(=O)NC(C(=O)NC(CCC(=O)O)C(=O)O)C(C)C)CCC4(C)C3CCC21C. The lowest BCUT2D eigenvalue weighted by atomic mass is 9.46. The molecule has 0 aliphatic heterocycles. The number of hydrogen-bond donors (Lipinski definition) is 5. The van der Waals surface area contributed by atoms with Gasteiger partial charge in [0.25, 0.3) is 5.91 Å². The Morgan fingerprint density at radius 2 is 1.77 bits per heavy atom. The number of fused-ring (bicyclic) bond motifs is 5. The zero-order valence-electron chi connectivity index (χ0n) is 26.2. The second-order valence-corrected chi connectivity index (χ2v) is 14.0. The van der Waals surface area contributed by atoms with Crippen molar-refractivity contribution in [1.82, 2.24) is 10.6 Å². The zero-order chi connectivity index (χ0) is 32.4. The van der Waals surface area contributed by atoms with Gasteiger partial charge in [0.2, 0.25) is 5.91 Å². The van der Waals surface area contributed by atoms with E-state index in [1.807, 2.05) is 0 Å². The van der Waals surface area contributed by atoms with Crippen molar-refractivity contribution >= 4 is 29.5 Å². The van der Waals surface area contributed by atoms with Gasteiger partial charge in [0.05, 0.1) is 5.71 Å². The van der Waals surface area contributed by atoms with E-state index in [2.05, 4.69) is 41.6 Å². The number of amides is 2. The fourth-order valence-electron chi connectivity index (χ4n) is 8.61. The quantitative estimate of drug-likeness (QED) is 0.174. The molecule has 0 spiro atoms. The lowest BCUT2D eigenvalue weighted by Crippen LogP contribution is -2.54. The van der Waals surface area contributed by atoms with Gasteiger partial charge in [-0.15, -0.1) is 6.42 Å². The lowest BCUT2D eigenvalue weighted by Gasteiger charge is -2.58. The number of allylic oxidation sites excluding steroid dienone is 2. The van der Waals surface area contributed by atoms with E-state index in [0.717, 1.165) is 44.2 Å². The Hall–Kier alpha value is -3.39. The second-order valence-electron chi connectivity index (χ2n) is 14.0. The highest BCUT2D eigenvalue weighted by atomic mass is 16.6. The van der Waals surface area contributed by atoms with Crippen LogP contribution in [0.4, 0.5) is 0 Å². The summed E-state index contributed by atoms with van der Waals surface area (Å²) in [4.78, 5) is 53.1. The van der Waals surface area contributed by atoms with E-state index < -0.39 is 54.5 Å². The molecule has 4 aliphatic rings. The smallest absolute Gasteiger partial charge is 0.326 e. The first-order chi connectivity index (χ1) is 20.6. The fraction of sp³-hybridized carbons (Fsp3) is 0.727. The maximum atomic E-state index is 12.8. The Balaban J connectivity index is 1.34. The average Bonchev–Trinajstić information content (AvgIpc) is 3.24. The van der Waals surface area contributed by atoms with E-state index in [-0.39, 0.29) is 23.2 Å². The van der Waals surface area contributed by atoms with Crippen LogP contribution >= 0.6 is 0 Å². The molecule has 242 valence electrons. The highest BCUT2D eigenvalue weighted by Gasteiger charge is 2.63. The van der Waals surface area contributed by atoms with Gasteiger partial charge >= 0.3 is 11.9 Å². The second kappa shape index (κ2) is 12.9. The number of nitrogens with one attached hydrogen (secondary N) is 2. The summed E-state index contributed by atoms with van der Waals surface area (Å²) in [6.07, 6.45) is 14.5. The summed E-state index contributed by atoms with van der Waals surface area (Å²) in [5.74, 6) is 0.0444. The molecule has 0 aromatic rings. The van der Waals surface area contributed by atoms with Gasteiger partial charge < -0.3 is 30.8 Å². The molecule has 5 N–H and O–H groups in total. The molecule has 11 nitrogen and oxygen atoms in total. The molecule has 8 atom stereocenters. The van der Waals surface area contributed by atoms with E-state index in [0.29, 0.717) is 30.6 Å². The monoisotopic (exact) mass is 613 g/mol. The van der Waals surface area contributed by atoms with Crippen LogP contribution in [0, 0.1) is 46.8 Å². The normalized spacial score (nSPS) is 34.8. The van der Waals surface area contributed by atoms with E-state index in [1.54, 1.807) is 13.8 Å². The van der Waals surface area contributed by atoms with Gasteiger partial charge in [0.1, 0.15) is 17.7 Å². The third-order valence-electron chi connectivity index (χ3n) is 11.3. The lowest BCUT2D eigenvalue weighted by molar-refractivity contribution is -0.143. The van der Waals surface area contributed by atoms with Crippen molar-refractivity contribution in [3.8, 4) is 12.3 Å². The number of rotatable bonds is 11. The molecule has 0 heterocycles. The van der Waals surface area contributed by atoms with Crippen LogP contribution in [0.3, 0.4) is 0 Å². The Labute approximate surface area is 259 Å². The summed E-state index contributed by atoms with van der Waals surface area (Å²) in [6, 6.07) is -2.42. The van der Waals surface area contributed by atoms with Gasteiger partial charge in [-0.2, -0.15) is 0 Å². The number of carbonyl (C=O) groups excluding carboxylic acids is 2. The molecule has 0 saturated heterocycles. The standard InChI is InChI=1S/C33H47N3O8/c1-6-33(43)16-13-24-22-8-7-20-17-21(11-14-31(20,4)23(22)12-15-32(24,33)5)36-44-18-26(37)35-28(19(2)3)29(40)34-25(30(41)42)9-10-27(38)39/h1,17,19,22-25,28,43H,7-16,18H2,2-5H3,(H,34,40)(H,35,37)(H,38,39)(H,41,42). The van der Waals surface area contributed by atoms with Crippen molar-refractivity contribution in [3.05, 3.63) is 11.6 Å². The summed E-state index contributed by atoms with van der Waals surface area (Å²) in [5.41, 5.74) is 0.931. The number of oxime groups is 1. The number of hydrogen-bond acceptors (Lipinski definition) is 7. The third-order valence-corrected chi connectivity index (χ3v) is 11.3. The van der Waals surface area contributed by atoms with Gasteiger partial charge in [-0.05, 0) is 93.0 Å². The highest BCUT2D eigenvalue weighted by Crippen LogP contribution is 2.67. The predicted octanol–water partition coefficient (Wildman–Crippen LogP) is 3.26. The number of carboxylic acid groups (broad SMARTS) is 2. The van der Waals surface area contributed by atoms with Crippen LogP contribution in [-0.2, 0) is 24.0 Å². The minimum Gasteiger partial charge on any atom is -0.481 e. The summed E-state index contributed by atoms with van der Waals surface area (Å²) < 4.78 is 0. The minimum atomic E-state index is -1.39. The van der Waals surface area contributed by atoms with Crippen molar-refractivity contribution in [2.45, 2.75) is 110 Å². The van der Waals surface area contributed by atoms with Crippen molar-refractivity contribution in [2.75, 3.05) is 6.61 Å². The largest absolute Gasteiger partial charge is 0.481 e. The Kier molecular flexibility index (Phi) is 9.84. The van der Waals surface area contributed by atoms with Crippen LogP contribution < -0.4 is 10.6 Å². The van der Waals surface area contributed by atoms with Crippen molar-refractivity contribution in [1.29, 1.82) is 0 Å². The maximum absolute atomic E-state index is 12.8. The molecule has 11 heteroatoms. The molecular formula is C33H47N3O8. The number of carboxylic acids is 2. The maximum Gasteiger partial charge on any atom is 0.326 e. The molecule has 0 radical (unpaired) electrons. The molecule has 0 bridgehead atoms. The van der Waals surface area contributed by atoms with Gasteiger partial charge in [-0.3, -0.25) is 14.4 Å². The Morgan fingerprint density at radius 3 is 2.41 bits per heavy atom. The number of carbonyl (C=O) groups is 4. The van der Waals surface area contributed by atoms with Crippen LogP contribution in [0.5, 0.6) is 0 Å². The van der Waals surface area contributed by atoms with E-state index in [4.69, 9.17) is 16.4 Å². The first-order valence-corrected chi connectivity index (χ1v) is 15.8. The summed E-state index contributed by atoms with van der Waals surface area (Å²) in [6.45, 7) is 7.55. The van der Waals surface area contributed by atoms with Crippen LogP contribution in [0.1, 0.15) is 91.9 Å². The molecule has 3 fully saturated rings. The summed E-state index contributed by atoms with van der Waals surface area (Å²) in [7, 11) is 0. The zero-order valence-corrected chi connectivity index (χ0v) is 26.2. The van der Waals surface area contributed by atoms with Crippen molar-refractivity contribution < 1.29 is 39.3 Å². The number of nitrogens with zero attached hydrogens (tertiary/aromatic N) is 1. The van der Waals surface area contributed by atoms with E-state index in [9.17, 15) is 29.4 Å². The molecule has 3 saturated carbocycles. The predicted molar refractivity (Wildman–Crippen MR) is 162 cm³/mol. The van der Waals surface area contributed by atoms with Gasteiger partial charge in [-0.25, -0.2) is 4.79 Å².